The molecule has 1 saturated heterocycles. The van der Waals surface area contributed by atoms with Crippen molar-refractivity contribution in [2.24, 2.45) is 0 Å². The molecule has 0 atom stereocenters. The van der Waals surface area contributed by atoms with Crippen LogP contribution in [-0.2, 0) is 6.54 Å². The van der Waals surface area contributed by atoms with Crippen LogP contribution in [-0.4, -0.2) is 61.4 Å². The van der Waals surface area contributed by atoms with Crippen LogP contribution in [0, 0.1) is 6.92 Å². The molecule has 0 spiro atoms. The highest BCUT2D eigenvalue weighted by Crippen LogP contribution is 2.33. The van der Waals surface area contributed by atoms with Crippen LogP contribution < -0.4 is 19.3 Å². The molecule has 3 heterocycles. The van der Waals surface area contributed by atoms with Crippen molar-refractivity contribution in [2.45, 2.75) is 33.2 Å². The van der Waals surface area contributed by atoms with Gasteiger partial charge in [-0.3, -0.25) is 4.90 Å². The van der Waals surface area contributed by atoms with Gasteiger partial charge in [0.05, 0.1) is 0 Å². The molecule has 0 amide bonds. The highest BCUT2D eigenvalue weighted by atomic mass is 16.7. The number of fused-ring (bicyclic) bond motifs is 1. The first-order valence-electron chi connectivity index (χ1n) is 10.5. The second-order valence-corrected chi connectivity index (χ2v) is 7.86. The van der Waals surface area contributed by atoms with Crippen molar-refractivity contribution in [2.75, 3.05) is 56.4 Å². The number of hydrogen-bond donors (Lipinski definition) is 0. The van der Waals surface area contributed by atoms with Crippen LogP contribution in [0.15, 0.2) is 24.3 Å². The van der Waals surface area contributed by atoms with E-state index in [0.29, 0.717) is 6.79 Å². The highest BCUT2D eigenvalue weighted by molar-refractivity contribution is 5.51. The zero-order valence-electron chi connectivity index (χ0n) is 17.7. The standard InChI is InChI=1S/C22H31N5O2/c1-4-5-8-25(3)21-14-22(24-17(2)23-21)27-11-9-26(10-12-27)15-18-6-7-19-20(13-18)29-16-28-19/h6-7,13-14H,4-5,8-12,15-16H2,1-3H3. The number of aromatic nitrogens is 2. The van der Waals surface area contributed by atoms with E-state index in [1.165, 1.54) is 18.4 Å². The SMILES string of the molecule is CCCCN(C)c1cc(N2CCN(Cc3ccc4c(c3)OCO4)CC2)nc(C)n1. The van der Waals surface area contributed by atoms with Gasteiger partial charge in [-0.2, -0.15) is 0 Å². The van der Waals surface area contributed by atoms with E-state index < -0.39 is 0 Å². The Labute approximate surface area is 173 Å². The zero-order valence-corrected chi connectivity index (χ0v) is 17.7. The summed E-state index contributed by atoms with van der Waals surface area (Å²) in [6.45, 7) is 10.4. The second-order valence-electron chi connectivity index (χ2n) is 7.86. The molecule has 2 aliphatic heterocycles. The molecule has 7 nitrogen and oxygen atoms in total. The van der Waals surface area contributed by atoms with Gasteiger partial charge in [0.15, 0.2) is 11.5 Å². The fraction of sp³-hybridized carbons (Fsp3) is 0.545. The third kappa shape index (κ3) is 4.72. The van der Waals surface area contributed by atoms with Gasteiger partial charge in [-0.25, -0.2) is 9.97 Å². The van der Waals surface area contributed by atoms with Crippen LogP contribution in [0.4, 0.5) is 11.6 Å². The average Bonchev–Trinajstić information content (AvgIpc) is 3.20. The van der Waals surface area contributed by atoms with Crippen LogP contribution in [0.5, 0.6) is 11.5 Å². The third-order valence-corrected chi connectivity index (χ3v) is 5.59. The number of piperazine rings is 1. The number of hydrogen-bond acceptors (Lipinski definition) is 7. The Hall–Kier alpha value is -2.54. The fourth-order valence-electron chi connectivity index (χ4n) is 3.84. The first-order valence-corrected chi connectivity index (χ1v) is 10.5. The maximum Gasteiger partial charge on any atom is 0.231 e. The molecule has 0 N–H and O–H groups in total. The summed E-state index contributed by atoms with van der Waals surface area (Å²) in [7, 11) is 2.12. The zero-order chi connectivity index (χ0) is 20.2. The van der Waals surface area contributed by atoms with E-state index in [9.17, 15) is 0 Å². The van der Waals surface area contributed by atoms with E-state index in [2.05, 4.69) is 51.9 Å². The molecule has 156 valence electrons. The molecule has 7 heteroatoms. The maximum absolute atomic E-state index is 5.50. The molecule has 1 fully saturated rings. The minimum Gasteiger partial charge on any atom is -0.454 e. The molecule has 1 aromatic heterocycles. The number of anilines is 2. The van der Waals surface area contributed by atoms with E-state index in [1.54, 1.807) is 0 Å². The van der Waals surface area contributed by atoms with Crippen LogP contribution in [0.2, 0.25) is 0 Å². The van der Waals surface area contributed by atoms with Gasteiger partial charge in [-0.15, -0.1) is 0 Å². The van der Waals surface area contributed by atoms with E-state index in [1.807, 2.05) is 13.0 Å². The van der Waals surface area contributed by atoms with Crippen molar-refractivity contribution < 1.29 is 9.47 Å². The van der Waals surface area contributed by atoms with Crippen molar-refractivity contribution in [3.8, 4) is 11.5 Å². The quantitative estimate of drug-likeness (QED) is 0.712. The van der Waals surface area contributed by atoms with E-state index in [-0.39, 0.29) is 0 Å². The highest BCUT2D eigenvalue weighted by Gasteiger charge is 2.21. The number of nitrogens with zero attached hydrogens (tertiary/aromatic N) is 5. The molecule has 4 rings (SSSR count). The van der Waals surface area contributed by atoms with Crippen LogP contribution in [0.1, 0.15) is 31.2 Å². The van der Waals surface area contributed by atoms with Gasteiger partial charge in [0, 0.05) is 52.4 Å². The predicted molar refractivity (Wildman–Crippen MR) is 115 cm³/mol. The van der Waals surface area contributed by atoms with Gasteiger partial charge >= 0.3 is 0 Å². The molecule has 2 aliphatic rings. The van der Waals surface area contributed by atoms with Crippen molar-refractivity contribution in [3.63, 3.8) is 0 Å². The third-order valence-electron chi connectivity index (χ3n) is 5.59. The Bertz CT molecular complexity index is 836. The predicted octanol–water partition coefficient (Wildman–Crippen LogP) is 3.07. The van der Waals surface area contributed by atoms with Crippen molar-refractivity contribution in [1.82, 2.24) is 14.9 Å². The Kier molecular flexibility index (Phi) is 6.04. The largest absolute Gasteiger partial charge is 0.454 e. The summed E-state index contributed by atoms with van der Waals surface area (Å²) in [5.41, 5.74) is 1.26. The molecule has 0 unspecified atom stereocenters. The van der Waals surface area contributed by atoms with Crippen LogP contribution >= 0.6 is 0 Å². The summed E-state index contributed by atoms with van der Waals surface area (Å²) in [6.07, 6.45) is 2.36. The topological polar surface area (TPSA) is 54.0 Å². The van der Waals surface area contributed by atoms with Crippen molar-refractivity contribution >= 4 is 11.6 Å². The Morgan fingerprint density at radius 1 is 1.03 bits per heavy atom. The Balaban J connectivity index is 1.36. The van der Waals surface area contributed by atoms with Gasteiger partial charge in [-0.1, -0.05) is 19.4 Å². The molecule has 2 aromatic rings. The summed E-state index contributed by atoms with van der Waals surface area (Å²) < 4.78 is 10.9. The summed E-state index contributed by atoms with van der Waals surface area (Å²) in [4.78, 5) is 16.4. The lowest BCUT2D eigenvalue weighted by Gasteiger charge is -2.35. The molecule has 0 aliphatic carbocycles. The fourth-order valence-corrected chi connectivity index (χ4v) is 3.84. The van der Waals surface area contributed by atoms with Gasteiger partial charge in [0.2, 0.25) is 6.79 Å². The van der Waals surface area contributed by atoms with Gasteiger partial charge in [-0.05, 0) is 31.0 Å². The number of benzene rings is 1. The monoisotopic (exact) mass is 397 g/mol. The molecule has 0 saturated carbocycles. The molecule has 29 heavy (non-hydrogen) atoms. The summed E-state index contributed by atoms with van der Waals surface area (Å²) in [5.74, 6) is 4.60. The molecular formula is C22H31N5O2. The van der Waals surface area contributed by atoms with Gasteiger partial charge in [0.25, 0.3) is 0 Å². The first kappa shape index (κ1) is 19.8. The van der Waals surface area contributed by atoms with E-state index in [0.717, 1.165) is 68.2 Å². The summed E-state index contributed by atoms with van der Waals surface area (Å²) >= 11 is 0. The maximum atomic E-state index is 5.50. The molecule has 0 bridgehead atoms. The number of ether oxygens (including phenoxy) is 2. The molecule has 0 radical (unpaired) electrons. The van der Waals surface area contributed by atoms with Crippen LogP contribution in [0.25, 0.3) is 0 Å². The lowest BCUT2D eigenvalue weighted by Crippen LogP contribution is -2.46. The average molecular weight is 398 g/mol. The minimum absolute atomic E-state index is 0.325. The van der Waals surface area contributed by atoms with Gasteiger partial charge in [0.1, 0.15) is 17.5 Å². The summed E-state index contributed by atoms with van der Waals surface area (Å²) in [5, 5.41) is 0. The minimum atomic E-state index is 0.325. The lowest BCUT2D eigenvalue weighted by atomic mass is 10.1. The Morgan fingerprint density at radius 3 is 2.62 bits per heavy atom. The number of unbranched alkanes of at least 4 members (excludes halogenated alkanes) is 1. The first-order chi connectivity index (χ1) is 14.1. The number of rotatable bonds is 7. The van der Waals surface area contributed by atoms with E-state index >= 15 is 0 Å². The van der Waals surface area contributed by atoms with E-state index in [4.69, 9.17) is 14.5 Å². The Morgan fingerprint density at radius 2 is 1.83 bits per heavy atom. The van der Waals surface area contributed by atoms with Gasteiger partial charge < -0.3 is 19.3 Å². The van der Waals surface area contributed by atoms with Crippen molar-refractivity contribution in [1.29, 1.82) is 0 Å². The normalized spacial score (nSPS) is 16.3. The molecule has 1 aromatic carbocycles. The smallest absolute Gasteiger partial charge is 0.231 e. The molecular weight excluding hydrogens is 366 g/mol. The van der Waals surface area contributed by atoms with Crippen molar-refractivity contribution in [3.05, 3.63) is 35.7 Å². The second kappa shape index (κ2) is 8.86. The number of aryl methyl sites for hydroxylation is 1. The lowest BCUT2D eigenvalue weighted by molar-refractivity contribution is 0.174. The van der Waals surface area contributed by atoms with Crippen LogP contribution in [0.3, 0.4) is 0 Å². The summed E-state index contributed by atoms with van der Waals surface area (Å²) in [6, 6.07) is 8.37.